The van der Waals surface area contributed by atoms with Crippen LogP contribution >= 0.6 is 0 Å². The van der Waals surface area contributed by atoms with Crippen LogP contribution in [0, 0.1) is 9.81 Å². The highest BCUT2D eigenvalue weighted by molar-refractivity contribution is 5.98. The van der Waals surface area contributed by atoms with E-state index in [1.54, 1.807) is 30.3 Å². The topological polar surface area (TPSA) is 83.2 Å². The summed E-state index contributed by atoms with van der Waals surface area (Å²) < 4.78 is 0. The average Bonchev–Trinajstić information content (AvgIpc) is 2.19. The molecule has 0 spiro atoms. The predicted molar refractivity (Wildman–Crippen MR) is 47.7 cm³/mol. The van der Waals surface area contributed by atoms with Crippen LogP contribution in [0.5, 0.6) is 0 Å². The van der Waals surface area contributed by atoms with Crippen molar-refractivity contribution in [3.8, 4) is 0 Å². The number of hydrogen-bond donors (Lipinski definition) is 1. The Bertz CT molecular complexity index is 323. The van der Waals surface area contributed by atoms with Gasteiger partial charge in [0.05, 0.1) is 10.6 Å². The van der Waals surface area contributed by atoms with Gasteiger partial charge in [-0.1, -0.05) is 35.4 Å². The van der Waals surface area contributed by atoms with Crippen LogP contribution in [0.1, 0.15) is 5.56 Å². The Morgan fingerprint density at radius 3 is 2.38 bits per heavy atom. The highest BCUT2D eigenvalue weighted by Crippen LogP contribution is 1.99. The van der Waals surface area contributed by atoms with Crippen LogP contribution in [0.2, 0.25) is 0 Å². The van der Waals surface area contributed by atoms with Crippen molar-refractivity contribution in [2.75, 3.05) is 0 Å². The van der Waals surface area contributed by atoms with Crippen molar-refractivity contribution in [2.24, 2.45) is 15.7 Å². The zero-order chi connectivity index (χ0) is 9.52. The Kier molecular flexibility index (Phi) is 3.25. The number of nitrogens with zero attached hydrogens (tertiary/aromatic N) is 3. The molecule has 0 atom stereocenters. The fourth-order valence-corrected chi connectivity index (χ4v) is 0.825. The molecule has 0 radical (unpaired) electrons. The molecular weight excluding hydrogens is 172 g/mol. The monoisotopic (exact) mass is 178 g/mol. The van der Waals surface area contributed by atoms with E-state index < -0.39 is 0 Å². The first-order chi connectivity index (χ1) is 6.38. The molecule has 6 heteroatoms. The van der Waals surface area contributed by atoms with Crippen LogP contribution in [0.15, 0.2) is 46.0 Å². The fourth-order valence-electron chi connectivity index (χ4n) is 0.825. The van der Waals surface area contributed by atoms with Gasteiger partial charge in [-0.05, 0) is 0 Å². The lowest BCUT2D eigenvalue weighted by Crippen LogP contribution is -2.17. The average molecular weight is 178 g/mol. The van der Waals surface area contributed by atoms with Gasteiger partial charge in [0, 0.05) is 5.56 Å². The molecule has 0 amide bonds. The Balaban J connectivity index is 2.95. The molecule has 0 aliphatic heterocycles. The smallest absolute Gasteiger partial charge is 0.182 e. The summed E-state index contributed by atoms with van der Waals surface area (Å²) in [4.78, 5) is 19.7. The van der Waals surface area contributed by atoms with E-state index in [0.717, 1.165) is 0 Å². The number of hydrogen-bond acceptors (Lipinski definition) is 4. The van der Waals surface area contributed by atoms with Gasteiger partial charge in [0.2, 0.25) is 0 Å². The molecule has 1 rings (SSSR count). The van der Waals surface area contributed by atoms with Crippen LogP contribution < -0.4 is 5.43 Å². The van der Waals surface area contributed by atoms with E-state index in [2.05, 4.69) is 15.7 Å². The molecule has 0 heterocycles. The van der Waals surface area contributed by atoms with Gasteiger partial charge in [-0.15, -0.1) is 9.81 Å². The lowest BCUT2D eigenvalue weighted by Gasteiger charge is -1.98. The Morgan fingerprint density at radius 1 is 1.15 bits per heavy atom. The first-order valence-corrected chi connectivity index (χ1v) is 3.42. The first-order valence-electron chi connectivity index (χ1n) is 3.42. The number of nitroso groups, excluding NO2 is 2. The third kappa shape index (κ3) is 2.44. The van der Waals surface area contributed by atoms with Crippen molar-refractivity contribution in [2.45, 2.75) is 0 Å². The molecule has 0 saturated heterocycles. The molecular formula is C7H6N4O2. The number of nitrogens with one attached hydrogen (secondary N) is 1. The van der Waals surface area contributed by atoms with Crippen LogP contribution in [0.3, 0.4) is 0 Å². The summed E-state index contributed by atoms with van der Waals surface area (Å²) in [7, 11) is 0. The molecule has 1 aromatic rings. The van der Waals surface area contributed by atoms with E-state index in [-0.39, 0.29) is 5.84 Å². The van der Waals surface area contributed by atoms with E-state index in [9.17, 15) is 9.81 Å². The molecule has 0 bridgehead atoms. The second kappa shape index (κ2) is 4.70. The molecule has 0 aliphatic carbocycles. The molecule has 0 aliphatic rings. The van der Waals surface area contributed by atoms with Gasteiger partial charge in [0.15, 0.2) is 5.84 Å². The molecule has 0 fully saturated rings. The van der Waals surface area contributed by atoms with Crippen molar-refractivity contribution in [3.63, 3.8) is 0 Å². The predicted octanol–water partition coefficient (Wildman–Crippen LogP) is 1.39. The zero-order valence-electron chi connectivity index (χ0n) is 6.54. The normalized spacial score (nSPS) is 10.6. The van der Waals surface area contributed by atoms with Crippen molar-refractivity contribution < 1.29 is 0 Å². The minimum Gasteiger partial charge on any atom is -0.222 e. The summed E-state index contributed by atoms with van der Waals surface area (Å²) in [6.45, 7) is 0. The van der Waals surface area contributed by atoms with Crippen LogP contribution in [-0.2, 0) is 0 Å². The Morgan fingerprint density at radius 2 is 1.85 bits per heavy atom. The van der Waals surface area contributed by atoms with Crippen LogP contribution in [0.25, 0.3) is 0 Å². The molecule has 66 valence electrons. The maximum absolute atomic E-state index is 9.88. The molecule has 1 N–H and O–H groups in total. The summed E-state index contributed by atoms with van der Waals surface area (Å²) in [6, 6.07) is 8.61. The fraction of sp³-hybridized carbons (Fsp3) is 0. The van der Waals surface area contributed by atoms with E-state index in [4.69, 9.17) is 0 Å². The van der Waals surface area contributed by atoms with Crippen molar-refractivity contribution in [3.05, 3.63) is 45.7 Å². The van der Waals surface area contributed by atoms with E-state index in [0.29, 0.717) is 5.56 Å². The van der Waals surface area contributed by atoms with E-state index in [1.165, 1.54) is 0 Å². The molecule has 6 nitrogen and oxygen atoms in total. The van der Waals surface area contributed by atoms with Crippen molar-refractivity contribution >= 4 is 5.84 Å². The minimum atomic E-state index is 0.0330. The van der Waals surface area contributed by atoms with Gasteiger partial charge in [0.1, 0.15) is 0 Å². The minimum absolute atomic E-state index is 0.0330. The van der Waals surface area contributed by atoms with Gasteiger partial charge in [-0.25, -0.2) is 5.43 Å². The Hall–Kier alpha value is -2.11. The molecule has 0 saturated carbocycles. The third-order valence-electron chi connectivity index (χ3n) is 1.34. The van der Waals surface area contributed by atoms with Gasteiger partial charge in [0.25, 0.3) is 0 Å². The molecule has 1 aromatic carbocycles. The number of benzene rings is 1. The summed E-state index contributed by atoms with van der Waals surface area (Å²) in [5.41, 5.74) is 2.60. The largest absolute Gasteiger partial charge is 0.222 e. The summed E-state index contributed by atoms with van der Waals surface area (Å²) in [5, 5.41) is 7.87. The van der Waals surface area contributed by atoms with Gasteiger partial charge in [-0.3, -0.25) is 0 Å². The van der Waals surface area contributed by atoms with Crippen molar-refractivity contribution in [1.82, 2.24) is 5.43 Å². The quantitative estimate of drug-likeness (QED) is 0.328. The maximum Gasteiger partial charge on any atom is 0.182 e. The molecule has 0 unspecified atom stereocenters. The second-order valence-corrected chi connectivity index (χ2v) is 2.10. The first kappa shape index (κ1) is 8.98. The van der Waals surface area contributed by atoms with Gasteiger partial charge < -0.3 is 0 Å². The molecule has 13 heavy (non-hydrogen) atoms. The van der Waals surface area contributed by atoms with Crippen LogP contribution in [-0.4, -0.2) is 5.84 Å². The van der Waals surface area contributed by atoms with Gasteiger partial charge >= 0.3 is 0 Å². The summed E-state index contributed by atoms with van der Waals surface area (Å²) in [5.74, 6) is 0.0330. The summed E-state index contributed by atoms with van der Waals surface area (Å²) in [6.07, 6.45) is 0. The lowest BCUT2D eigenvalue weighted by molar-refractivity contribution is 0.988. The van der Waals surface area contributed by atoms with Crippen LogP contribution in [0.4, 0.5) is 0 Å². The molecule has 0 aromatic heterocycles. The summed E-state index contributed by atoms with van der Waals surface area (Å²) >= 11 is 0. The maximum atomic E-state index is 9.88. The zero-order valence-corrected chi connectivity index (χ0v) is 6.54. The highest BCUT2D eigenvalue weighted by Gasteiger charge is 2.01. The lowest BCUT2D eigenvalue weighted by atomic mass is 10.2. The SMILES string of the molecule is O=NN=C(NN=O)c1ccccc1. The van der Waals surface area contributed by atoms with E-state index in [1.807, 2.05) is 5.43 Å². The number of amidine groups is 1. The van der Waals surface area contributed by atoms with E-state index >= 15 is 0 Å². The Labute approximate surface area is 73.6 Å². The number of rotatable bonds is 3. The van der Waals surface area contributed by atoms with Gasteiger partial charge in [-0.2, -0.15) is 0 Å². The second-order valence-electron chi connectivity index (χ2n) is 2.10. The highest BCUT2D eigenvalue weighted by atomic mass is 16.3. The third-order valence-corrected chi connectivity index (χ3v) is 1.34. The standard InChI is InChI=1S/C7H6N4O2/c12-10-8-7(9-11-13)6-4-2-1-3-5-6/h1-5H,(H,8,9,12,13). The van der Waals surface area contributed by atoms with Crippen molar-refractivity contribution in [1.29, 1.82) is 0 Å².